The van der Waals surface area contributed by atoms with Gasteiger partial charge in [0.15, 0.2) is 10.2 Å². The van der Waals surface area contributed by atoms with Gasteiger partial charge in [0.25, 0.3) is 0 Å². The zero-order valence-electron chi connectivity index (χ0n) is 25.8. The minimum atomic E-state index is -0.792. The number of carbonyl (C=O) groups is 6. The summed E-state index contributed by atoms with van der Waals surface area (Å²) >= 11 is 2.59. The van der Waals surface area contributed by atoms with E-state index in [4.69, 9.17) is 0 Å². The van der Waals surface area contributed by atoms with Crippen molar-refractivity contribution in [3.8, 4) is 0 Å². The molecule has 0 saturated carbocycles. The monoisotopic (exact) mass is 616 g/mol. The standard InChI is InChI=1S/C29H52N4O6S2/c1-7-16-33(19-26(37)31-24(20-34)14-10-8-12-17-40-22(4)35)29(39)27(21(2)3)32-28(38)25(30-6)15-11-9-13-18-41-23(5)36/h20-21,24-25,27,30H,7-19H2,1-6H3,(H,31,37)(H,32,38). The molecule has 3 unspecified atom stereocenters. The van der Waals surface area contributed by atoms with Gasteiger partial charge in [-0.1, -0.05) is 70.0 Å². The second kappa shape index (κ2) is 23.6. The maximum atomic E-state index is 13.5. The molecule has 0 heterocycles. The number of likely N-dealkylation sites (N-methyl/N-ethyl adjacent to an activating group) is 1. The zero-order chi connectivity index (χ0) is 31.2. The van der Waals surface area contributed by atoms with Crippen molar-refractivity contribution in [2.45, 2.75) is 111 Å². The first-order chi connectivity index (χ1) is 19.5. The molecule has 0 saturated heterocycles. The van der Waals surface area contributed by atoms with Crippen molar-refractivity contribution in [3.63, 3.8) is 0 Å². The molecule has 3 atom stereocenters. The van der Waals surface area contributed by atoms with Crippen molar-refractivity contribution in [2.24, 2.45) is 5.92 Å². The third-order valence-corrected chi connectivity index (χ3v) is 8.25. The van der Waals surface area contributed by atoms with E-state index in [-0.39, 0.29) is 34.5 Å². The number of hydrogen-bond donors (Lipinski definition) is 3. The number of nitrogens with zero attached hydrogens (tertiary/aromatic N) is 1. The summed E-state index contributed by atoms with van der Waals surface area (Å²) in [7, 11) is 1.71. The summed E-state index contributed by atoms with van der Waals surface area (Å²) in [6.45, 7) is 8.85. The first kappa shape index (κ1) is 39.1. The van der Waals surface area contributed by atoms with Crippen LogP contribution in [-0.4, -0.2) is 88.9 Å². The molecule has 10 nitrogen and oxygen atoms in total. The lowest BCUT2D eigenvalue weighted by Crippen LogP contribution is -2.56. The SMILES string of the molecule is CCCN(CC(=O)NC(C=O)CCCCCSC(C)=O)C(=O)C(NC(=O)C(CCCCCSC(C)=O)NC)C(C)C. The molecule has 0 aliphatic carbocycles. The van der Waals surface area contributed by atoms with E-state index in [2.05, 4.69) is 16.0 Å². The fraction of sp³-hybridized carbons (Fsp3) is 0.793. The number of amides is 3. The van der Waals surface area contributed by atoms with Crippen molar-refractivity contribution in [2.75, 3.05) is 31.6 Å². The van der Waals surface area contributed by atoms with E-state index in [9.17, 15) is 28.8 Å². The predicted octanol–water partition coefficient (Wildman–Crippen LogP) is 3.32. The number of nitrogens with one attached hydrogen (secondary N) is 3. The van der Waals surface area contributed by atoms with E-state index in [1.165, 1.54) is 35.3 Å². The summed E-state index contributed by atoms with van der Waals surface area (Å²) in [5.41, 5.74) is 0. The lowest BCUT2D eigenvalue weighted by atomic mass is 10.0. The average molecular weight is 617 g/mol. The molecular formula is C29H52N4O6S2. The van der Waals surface area contributed by atoms with Gasteiger partial charge in [-0.15, -0.1) is 0 Å². The first-order valence-corrected chi connectivity index (χ1v) is 16.7. The number of carbonyl (C=O) groups excluding carboxylic acids is 6. The van der Waals surface area contributed by atoms with Crippen LogP contribution in [0.2, 0.25) is 0 Å². The molecule has 0 bridgehead atoms. The Morgan fingerprint density at radius 1 is 0.829 bits per heavy atom. The second-order valence-electron chi connectivity index (χ2n) is 10.5. The normalized spacial score (nSPS) is 13.2. The maximum absolute atomic E-state index is 13.5. The minimum Gasteiger partial charge on any atom is -0.345 e. The molecule has 0 aromatic carbocycles. The highest BCUT2D eigenvalue weighted by Gasteiger charge is 2.31. The maximum Gasteiger partial charge on any atom is 0.245 e. The van der Waals surface area contributed by atoms with Crippen LogP contribution in [0.15, 0.2) is 0 Å². The molecule has 12 heteroatoms. The number of thioether (sulfide) groups is 2. The number of aldehydes is 1. The number of unbranched alkanes of at least 4 members (excludes halogenated alkanes) is 4. The molecule has 0 rings (SSSR count). The van der Waals surface area contributed by atoms with Crippen LogP contribution in [0.1, 0.15) is 92.4 Å². The van der Waals surface area contributed by atoms with E-state index < -0.39 is 24.0 Å². The van der Waals surface area contributed by atoms with Crippen molar-refractivity contribution < 1.29 is 28.8 Å². The molecule has 0 aromatic heterocycles. The van der Waals surface area contributed by atoms with Crippen LogP contribution < -0.4 is 16.0 Å². The average Bonchev–Trinajstić information content (AvgIpc) is 2.91. The Bertz CT molecular complexity index is 827. The minimum absolute atomic E-state index is 0.0864. The molecule has 0 aliphatic heterocycles. The van der Waals surface area contributed by atoms with Crippen molar-refractivity contribution >= 4 is 57.8 Å². The van der Waals surface area contributed by atoms with E-state index in [1.54, 1.807) is 14.0 Å². The molecule has 41 heavy (non-hydrogen) atoms. The van der Waals surface area contributed by atoms with Gasteiger partial charge in [0.1, 0.15) is 12.3 Å². The van der Waals surface area contributed by atoms with Gasteiger partial charge in [-0.2, -0.15) is 0 Å². The highest BCUT2D eigenvalue weighted by molar-refractivity contribution is 8.13. The van der Waals surface area contributed by atoms with Gasteiger partial charge in [0, 0.05) is 31.9 Å². The Morgan fingerprint density at radius 2 is 1.39 bits per heavy atom. The van der Waals surface area contributed by atoms with E-state index >= 15 is 0 Å². The van der Waals surface area contributed by atoms with Crippen molar-refractivity contribution in [1.82, 2.24) is 20.9 Å². The predicted molar refractivity (Wildman–Crippen MR) is 168 cm³/mol. The summed E-state index contributed by atoms with van der Waals surface area (Å²) in [5.74, 6) is 0.310. The van der Waals surface area contributed by atoms with Crippen LogP contribution in [0.4, 0.5) is 0 Å². The molecule has 0 radical (unpaired) electrons. The molecule has 0 aromatic rings. The fourth-order valence-corrected chi connectivity index (χ4v) is 5.48. The third kappa shape index (κ3) is 19.0. The smallest absolute Gasteiger partial charge is 0.245 e. The van der Waals surface area contributed by atoms with Gasteiger partial charge in [-0.05, 0) is 45.1 Å². The molecule has 236 valence electrons. The summed E-state index contributed by atoms with van der Waals surface area (Å²) in [5, 5.41) is 8.84. The van der Waals surface area contributed by atoms with Gasteiger partial charge in [-0.3, -0.25) is 24.0 Å². The Morgan fingerprint density at radius 3 is 1.85 bits per heavy atom. The molecule has 0 spiro atoms. The van der Waals surface area contributed by atoms with Crippen LogP contribution in [0, 0.1) is 5.92 Å². The molecule has 3 amide bonds. The second-order valence-corrected chi connectivity index (χ2v) is 13.1. The van der Waals surface area contributed by atoms with Gasteiger partial charge in [-0.25, -0.2) is 0 Å². The fourth-order valence-electron chi connectivity index (χ4n) is 4.21. The number of rotatable bonds is 23. The highest BCUT2D eigenvalue weighted by Crippen LogP contribution is 2.13. The van der Waals surface area contributed by atoms with Crippen molar-refractivity contribution in [1.29, 1.82) is 0 Å². The topological polar surface area (TPSA) is 142 Å². The quantitative estimate of drug-likeness (QED) is 0.116. The summed E-state index contributed by atoms with van der Waals surface area (Å²) in [6.07, 6.45) is 7.51. The van der Waals surface area contributed by atoms with Gasteiger partial charge >= 0.3 is 0 Å². The van der Waals surface area contributed by atoms with Crippen LogP contribution in [0.25, 0.3) is 0 Å². The largest absolute Gasteiger partial charge is 0.345 e. The number of hydrogen-bond acceptors (Lipinski definition) is 9. The first-order valence-electron chi connectivity index (χ1n) is 14.7. The Balaban J connectivity index is 4.99. The van der Waals surface area contributed by atoms with Gasteiger partial charge in [0.05, 0.1) is 18.6 Å². The lowest BCUT2D eigenvalue weighted by Gasteiger charge is -2.30. The summed E-state index contributed by atoms with van der Waals surface area (Å²) < 4.78 is 0. The highest BCUT2D eigenvalue weighted by atomic mass is 32.2. The van der Waals surface area contributed by atoms with Crippen LogP contribution in [-0.2, 0) is 28.8 Å². The zero-order valence-corrected chi connectivity index (χ0v) is 27.4. The van der Waals surface area contributed by atoms with E-state index in [0.717, 1.165) is 50.0 Å². The Hall–Kier alpha value is -1.92. The summed E-state index contributed by atoms with van der Waals surface area (Å²) in [6, 6.07) is -1.89. The Kier molecular flexibility index (Phi) is 22.5. The van der Waals surface area contributed by atoms with Crippen molar-refractivity contribution in [3.05, 3.63) is 0 Å². The molecule has 3 N–H and O–H groups in total. The van der Waals surface area contributed by atoms with Gasteiger partial charge in [0.2, 0.25) is 17.7 Å². The van der Waals surface area contributed by atoms with Gasteiger partial charge < -0.3 is 25.6 Å². The lowest BCUT2D eigenvalue weighted by molar-refractivity contribution is -0.141. The van der Waals surface area contributed by atoms with Crippen LogP contribution in [0.3, 0.4) is 0 Å². The molecule has 0 fully saturated rings. The van der Waals surface area contributed by atoms with Crippen LogP contribution >= 0.6 is 23.5 Å². The third-order valence-electron chi connectivity index (χ3n) is 6.45. The molecule has 0 aliphatic rings. The summed E-state index contributed by atoms with van der Waals surface area (Å²) in [4.78, 5) is 74.4. The molecular weight excluding hydrogens is 564 g/mol. The Labute approximate surface area is 255 Å². The van der Waals surface area contributed by atoms with Crippen LogP contribution in [0.5, 0.6) is 0 Å². The van der Waals surface area contributed by atoms with E-state index in [1.807, 2.05) is 20.8 Å². The van der Waals surface area contributed by atoms with E-state index in [0.29, 0.717) is 32.1 Å².